The van der Waals surface area contributed by atoms with Crippen LogP contribution in [0.1, 0.15) is 53.0 Å². The van der Waals surface area contributed by atoms with Gasteiger partial charge in [-0.25, -0.2) is 4.68 Å². The van der Waals surface area contributed by atoms with Gasteiger partial charge in [0.05, 0.1) is 18.3 Å². The Balaban J connectivity index is 1.45. The minimum Gasteiger partial charge on any atom is -0.344 e. The van der Waals surface area contributed by atoms with Gasteiger partial charge in [-0.15, -0.1) is 5.10 Å². The lowest BCUT2D eigenvalue weighted by molar-refractivity contribution is 0.0929. The third kappa shape index (κ3) is 5.09. The molecule has 2 aromatic carbocycles. The average molecular weight is 390 g/mol. The molecule has 1 aliphatic rings. The second kappa shape index (κ2) is 9.47. The summed E-state index contributed by atoms with van der Waals surface area (Å²) in [6, 6.07) is 20.7. The molecule has 2 heterocycles. The van der Waals surface area contributed by atoms with E-state index in [1.54, 1.807) is 6.20 Å². The zero-order valence-corrected chi connectivity index (χ0v) is 16.5. The molecule has 150 valence electrons. The topological polar surface area (TPSA) is 71.8 Å². The smallest absolute Gasteiger partial charge is 0.273 e. The highest BCUT2D eigenvalue weighted by atomic mass is 16.2. The van der Waals surface area contributed by atoms with Crippen LogP contribution in [0, 0.1) is 0 Å². The summed E-state index contributed by atoms with van der Waals surface area (Å²) >= 11 is 0. The number of hydrogen-bond acceptors (Lipinski definition) is 4. The maximum atomic E-state index is 12.9. The molecule has 0 bridgehead atoms. The van der Waals surface area contributed by atoms with Gasteiger partial charge in [-0.05, 0) is 49.9 Å². The molecule has 1 aromatic heterocycles. The first-order valence-electron chi connectivity index (χ1n) is 10.3. The highest BCUT2D eigenvalue weighted by molar-refractivity contribution is 5.92. The van der Waals surface area contributed by atoms with Crippen LogP contribution in [0.25, 0.3) is 0 Å². The molecule has 1 fully saturated rings. The summed E-state index contributed by atoms with van der Waals surface area (Å²) in [7, 11) is 0. The third-order valence-corrected chi connectivity index (χ3v) is 5.50. The highest BCUT2D eigenvalue weighted by Crippen LogP contribution is 2.21. The fraction of sp³-hybridized carbons (Fsp3) is 0.348. The molecule has 6 heteroatoms. The van der Waals surface area contributed by atoms with Crippen LogP contribution in [0.5, 0.6) is 0 Å². The second-order valence-electron chi connectivity index (χ2n) is 7.53. The average Bonchev–Trinajstić information content (AvgIpc) is 3.29. The van der Waals surface area contributed by atoms with E-state index in [9.17, 15) is 4.79 Å². The Bertz CT molecular complexity index is 903. The number of nitrogens with zero attached hydrogens (tertiary/aromatic N) is 3. The summed E-state index contributed by atoms with van der Waals surface area (Å²) in [6.07, 6.45) is 5.51. The van der Waals surface area contributed by atoms with Crippen LogP contribution in [0.4, 0.5) is 0 Å². The number of amides is 1. The summed E-state index contributed by atoms with van der Waals surface area (Å²) in [5.74, 6) is -0.174. The number of rotatable bonds is 7. The summed E-state index contributed by atoms with van der Waals surface area (Å²) in [4.78, 5) is 12.9. The molecule has 3 aromatic rings. The zero-order chi connectivity index (χ0) is 19.9. The van der Waals surface area contributed by atoms with Crippen molar-refractivity contribution < 1.29 is 4.79 Å². The van der Waals surface area contributed by atoms with Gasteiger partial charge in [-0.1, -0.05) is 65.9 Å². The Hall–Kier alpha value is -2.99. The van der Waals surface area contributed by atoms with Crippen molar-refractivity contribution in [1.29, 1.82) is 0 Å². The summed E-state index contributed by atoms with van der Waals surface area (Å²) in [5.41, 5.74) is 2.74. The molecule has 1 amide bonds. The predicted molar refractivity (Wildman–Crippen MR) is 113 cm³/mol. The van der Waals surface area contributed by atoms with E-state index < -0.39 is 0 Å². The number of carbonyl (C=O) groups is 1. The van der Waals surface area contributed by atoms with E-state index in [2.05, 4.69) is 45.2 Å². The Morgan fingerprint density at radius 2 is 1.76 bits per heavy atom. The molecule has 29 heavy (non-hydrogen) atoms. The maximum absolute atomic E-state index is 12.9. The predicted octanol–water partition coefficient (Wildman–Crippen LogP) is 3.31. The van der Waals surface area contributed by atoms with Crippen molar-refractivity contribution in [3.8, 4) is 0 Å². The Morgan fingerprint density at radius 1 is 1.07 bits per heavy atom. The van der Waals surface area contributed by atoms with Gasteiger partial charge in [-0.3, -0.25) is 4.79 Å². The van der Waals surface area contributed by atoms with E-state index in [-0.39, 0.29) is 11.9 Å². The number of benzene rings is 2. The highest BCUT2D eigenvalue weighted by Gasteiger charge is 2.21. The number of nitrogens with one attached hydrogen (secondary N) is 2. The molecule has 1 aliphatic heterocycles. The quantitative estimate of drug-likeness (QED) is 0.650. The van der Waals surface area contributed by atoms with Gasteiger partial charge >= 0.3 is 0 Å². The molecule has 1 atom stereocenters. The van der Waals surface area contributed by atoms with Crippen LogP contribution < -0.4 is 10.6 Å². The van der Waals surface area contributed by atoms with Gasteiger partial charge in [-0.2, -0.15) is 0 Å². The van der Waals surface area contributed by atoms with Gasteiger partial charge in [0.25, 0.3) is 5.91 Å². The van der Waals surface area contributed by atoms with E-state index in [1.165, 1.54) is 5.56 Å². The maximum Gasteiger partial charge on any atom is 0.273 e. The monoisotopic (exact) mass is 389 g/mol. The number of piperidine rings is 1. The van der Waals surface area contributed by atoms with Crippen molar-refractivity contribution in [2.75, 3.05) is 13.1 Å². The van der Waals surface area contributed by atoms with Gasteiger partial charge in [0.15, 0.2) is 5.69 Å². The third-order valence-electron chi connectivity index (χ3n) is 5.50. The minimum absolute atomic E-state index is 0.0760. The molecular formula is C23H27N5O. The number of hydrogen-bond donors (Lipinski definition) is 2. The lowest BCUT2D eigenvalue weighted by atomic mass is 9.99. The fourth-order valence-corrected chi connectivity index (χ4v) is 3.83. The summed E-state index contributed by atoms with van der Waals surface area (Å²) in [6.45, 7) is 1.95. The van der Waals surface area contributed by atoms with Crippen molar-refractivity contribution >= 4 is 5.91 Å². The first kappa shape index (κ1) is 19.3. The fourth-order valence-electron chi connectivity index (χ4n) is 3.83. The van der Waals surface area contributed by atoms with Gasteiger partial charge < -0.3 is 10.6 Å². The number of carbonyl (C=O) groups excluding carboxylic acids is 1. The lowest BCUT2D eigenvalue weighted by Gasteiger charge is -2.22. The van der Waals surface area contributed by atoms with E-state index >= 15 is 0 Å². The molecule has 1 saturated heterocycles. The number of aromatic nitrogens is 3. The van der Waals surface area contributed by atoms with Gasteiger partial charge in [0.2, 0.25) is 0 Å². The van der Waals surface area contributed by atoms with Crippen LogP contribution in [-0.4, -0.2) is 34.0 Å². The Morgan fingerprint density at radius 3 is 2.48 bits per heavy atom. The van der Waals surface area contributed by atoms with Crippen molar-refractivity contribution in [3.05, 3.63) is 83.7 Å². The van der Waals surface area contributed by atoms with E-state index in [4.69, 9.17) is 0 Å². The van der Waals surface area contributed by atoms with Crippen molar-refractivity contribution in [2.45, 2.75) is 37.8 Å². The SMILES string of the molecule is O=C(NC(CCc1ccccc1)c1ccccc1)c1cn(C2CCNCC2)nn1. The molecule has 2 N–H and O–H groups in total. The normalized spacial score (nSPS) is 15.7. The molecule has 0 saturated carbocycles. The van der Waals surface area contributed by atoms with Crippen LogP contribution in [-0.2, 0) is 6.42 Å². The summed E-state index contributed by atoms with van der Waals surface area (Å²) < 4.78 is 1.84. The Labute approximate surface area is 171 Å². The standard InChI is InChI=1S/C23H27N5O/c29-23(22-17-28(27-26-22)20-13-15-24-16-14-20)25-21(19-9-5-2-6-10-19)12-11-18-7-3-1-4-8-18/h1-10,17,20-21,24H,11-16H2,(H,25,29). The first-order chi connectivity index (χ1) is 14.3. The van der Waals surface area contributed by atoms with Gasteiger partial charge in [0.1, 0.15) is 0 Å². The molecule has 4 rings (SSSR count). The molecular weight excluding hydrogens is 362 g/mol. The zero-order valence-electron chi connectivity index (χ0n) is 16.5. The van der Waals surface area contributed by atoms with Gasteiger partial charge in [0, 0.05) is 0 Å². The van der Waals surface area contributed by atoms with Crippen molar-refractivity contribution in [3.63, 3.8) is 0 Å². The van der Waals surface area contributed by atoms with E-state index in [0.29, 0.717) is 11.7 Å². The van der Waals surface area contributed by atoms with Crippen LogP contribution >= 0.6 is 0 Å². The molecule has 0 spiro atoms. The van der Waals surface area contributed by atoms with E-state index in [1.807, 2.05) is 41.1 Å². The lowest BCUT2D eigenvalue weighted by Crippen LogP contribution is -2.30. The van der Waals surface area contributed by atoms with E-state index in [0.717, 1.165) is 44.3 Å². The minimum atomic E-state index is -0.174. The van der Waals surface area contributed by atoms with Crippen LogP contribution in [0.2, 0.25) is 0 Å². The molecule has 6 nitrogen and oxygen atoms in total. The molecule has 0 radical (unpaired) electrons. The largest absolute Gasteiger partial charge is 0.344 e. The Kier molecular flexibility index (Phi) is 6.32. The molecule has 1 unspecified atom stereocenters. The van der Waals surface area contributed by atoms with Crippen LogP contribution in [0.15, 0.2) is 66.9 Å². The molecule has 0 aliphatic carbocycles. The van der Waals surface area contributed by atoms with Crippen LogP contribution in [0.3, 0.4) is 0 Å². The van der Waals surface area contributed by atoms with Crippen molar-refractivity contribution in [1.82, 2.24) is 25.6 Å². The first-order valence-corrected chi connectivity index (χ1v) is 10.3. The van der Waals surface area contributed by atoms with Crippen molar-refractivity contribution in [2.24, 2.45) is 0 Å². The second-order valence-corrected chi connectivity index (χ2v) is 7.53. The number of aryl methyl sites for hydroxylation is 1. The summed E-state index contributed by atoms with van der Waals surface area (Å²) in [5, 5.41) is 14.9.